The highest BCUT2D eigenvalue weighted by Crippen LogP contribution is 2.17. The highest BCUT2D eigenvalue weighted by Gasteiger charge is 2.16. The van der Waals surface area contributed by atoms with E-state index in [0.29, 0.717) is 5.92 Å². The van der Waals surface area contributed by atoms with Crippen molar-refractivity contribution < 1.29 is 0 Å². The molecule has 0 fully saturated rings. The third-order valence-corrected chi connectivity index (χ3v) is 1.85. The predicted octanol–water partition coefficient (Wildman–Crippen LogP) is 0.424. The van der Waals surface area contributed by atoms with E-state index >= 15 is 0 Å². The minimum absolute atomic E-state index is 0.416. The topological polar surface area (TPSA) is 44.3 Å². The van der Waals surface area contributed by atoms with Crippen LogP contribution in [0.25, 0.3) is 0 Å². The number of aromatic nitrogens is 2. The van der Waals surface area contributed by atoms with Crippen LogP contribution in [-0.4, -0.2) is 35.0 Å². The van der Waals surface area contributed by atoms with Gasteiger partial charge in [0.15, 0.2) is 0 Å². The van der Waals surface area contributed by atoms with Crippen LogP contribution < -0.4 is 0 Å². The summed E-state index contributed by atoms with van der Waals surface area (Å²) < 4.78 is 0. The number of rotatable bonds is 1. The molecule has 1 aromatic heterocycles. The molecule has 2 rings (SSSR count). The van der Waals surface area contributed by atoms with Gasteiger partial charge in [-0.1, -0.05) is 0 Å². The monoisotopic (exact) mass is 150 g/mol. The molecule has 0 aromatic carbocycles. The number of hydrazone groups is 1. The van der Waals surface area contributed by atoms with E-state index in [2.05, 4.69) is 15.3 Å². The first-order chi connectivity index (χ1) is 5.36. The van der Waals surface area contributed by atoms with Crippen molar-refractivity contribution in [2.45, 2.75) is 5.92 Å². The van der Waals surface area contributed by atoms with Crippen molar-refractivity contribution in [2.24, 2.45) is 5.10 Å². The molecule has 0 saturated heterocycles. The number of aromatic amines is 1. The van der Waals surface area contributed by atoms with Crippen LogP contribution in [0.3, 0.4) is 0 Å². The van der Waals surface area contributed by atoms with Crippen molar-refractivity contribution in [2.75, 3.05) is 13.6 Å². The SMILES string of the molecule is CN1CC(c2cn[nH]c2)C=N1. The molecule has 1 atom stereocenters. The van der Waals surface area contributed by atoms with Crippen molar-refractivity contribution in [1.82, 2.24) is 15.2 Å². The average molecular weight is 150 g/mol. The lowest BCUT2D eigenvalue weighted by Gasteiger charge is -2.07. The first-order valence-electron chi connectivity index (χ1n) is 3.60. The molecule has 58 valence electrons. The molecule has 0 saturated carbocycles. The summed E-state index contributed by atoms with van der Waals surface area (Å²) in [6, 6.07) is 0. The Hall–Kier alpha value is -1.32. The fraction of sp³-hybridized carbons (Fsp3) is 0.429. The summed E-state index contributed by atoms with van der Waals surface area (Å²) in [5.41, 5.74) is 1.21. The number of H-pyrrole nitrogens is 1. The molecule has 1 aliphatic rings. The van der Waals surface area contributed by atoms with Gasteiger partial charge in [0.25, 0.3) is 0 Å². The van der Waals surface area contributed by atoms with Gasteiger partial charge in [0, 0.05) is 37.5 Å². The van der Waals surface area contributed by atoms with E-state index < -0.39 is 0 Å². The summed E-state index contributed by atoms with van der Waals surface area (Å²) in [6.07, 6.45) is 5.70. The fourth-order valence-electron chi connectivity index (χ4n) is 1.23. The molecule has 0 bridgehead atoms. The van der Waals surface area contributed by atoms with Crippen LogP contribution >= 0.6 is 0 Å². The lowest BCUT2D eigenvalue weighted by molar-refractivity contribution is 0.381. The Morgan fingerprint density at radius 1 is 1.73 bits per heavy atom. The zero-order valence-electron chi connectivity index (χ0n) is 6.36. The Kier molecular flexibility index (Phi) is 1.38. The smallest absolute Gasteiger partial charge is 0.0526 e. The Morgan fingerprint density at radius 2 is 2.64 bits per heavy atom. The molecular weight excluding hydrogens is 140 g/mol. The Morgan fingerprint density at radius 3 is 3.18 bits per heavy atom. The maximum absolute atomic E-state index is 4.14. The maximum atomic E-state index is 4.14. The second-order valence-corrected chi connectivity index (χ2v) is 2.74. The van der Waals surface area contributed by atoms with Gasteiger partial charge in [-0.3, -0.25) is 10.1 Å². The molecule has 1 N–H and O–H groups in total. The fourth-order valence-corrected chi connectivity index (χ4v) is 1.23. The van der Waals surface area contributed by atoms with Gasteiger partial charge < -0.3 is 0 Å². The van der Waals surface area contributed by atoms with Crippen molar-refractivity contribution in [1.29, 1.82) is 0 Å². The van der Waals surface area contributed by atoms with Crippen LogP contribution in [0, 0.1) is 0 Å². The molecular formula is C7H10N4. The number of nitrogens with zero attached hydrogens (tertiary/aromatic N) is 3. The normalized spacial score (nSPS) is 23.0. The van der Waals surface area contributed by atoms with Gasteiger partial charge in [0.05, 0.1) is 6.20 Å². The lowest BCUT2D eigenvalue weighted by atomic mass is 10.1. The molecule has 11 heavy (non-hydrogen) atoms. The van der Waals surface area contributed by atoms with Crippen LogP contribution in [-0.2, 0) is 0 Å². The summed E-state index contributed by atoms with van der Waals surface area (Å²) in [5, 5.41) is 12.7. The summed E-state index contributed by atoms with van der Waals surface area (Å²) >= 11 is 0. The number of hydrogen-bond donors (Lipinski definition) is 1. The second-order valence-electron chi connectivity index (χ2n) is 2.74. The average Bonchev–Trinajstić information content (AvgIpc) is 2.55. The highest BCUT2D eigenvalue weighted by atomic mass is 15.4. The minimum Gasteiger partial charge on any atom is -0.299 e. The Balaban J connectivity index is 2.15. The maximum Gasteiger partial charge on any atom is 0.0526 e. The van der Waals surface area contributed by atoms with Crippen LogP contribution in [0.2, 0.25) is 0 Å². The number of likely N-dealkylation sites (N-methyl/N-ethyl adjacent to an activating group) is 1. The van der Waals surface area contributed by atoms with E-state index in [1.165, 1.54) is 5.56 Å². The lowest BCUT2D eigenvalue weighted by Crippen LogP contribution is -2.11. The van der Waals surface area contributed by atoms with E-state index in [1.54, 1.807) is 0 Å². The van der Waals surface area contributed by atoms with E-state index in [4.69, 9.17) is 0 Å². The largest absolute Gasteiger partial charge is 0.299 e. The van der Waals surface area contributed by atoms with Gasteiger partial charge in [-0.05, 0) is 0 Å². The molecule has 0 aliphatic carbocycles. The predicted molar refractivity (Wildman–Crippen MR) is 42.5 cm³/mol. The third kappa shape index (κ3) is 1.11. The quantitative estimate of drug-likeness (QED) is 0.630. The van der Waals surface area contributed by atoms with Crippen LogP contribution in [0.1, 0.15) is 11.5 Å². The molecule has 1 unspecified atom stereocenters. The first kappa shape index (κ1) is 6.39. The van der Waals surface area contributed by atoms with Crippen molar-refractivity contribution in [3.8, 4) is 0 Å². The number of nitrogens with one attached hydrogen (secondary N) is 1. The third-order valence-electron chi connectivity index (χ3n) is 1.85. The molecule has 1 aliphatic heterocycles. The van der Waals surface area contributed by atoms with Crippen molar-refractivity contribution in [3.63, 3.8) is 0 Å². The number of hydrogen-bond acceptors (Lipinski definition) is 3. The van der Waals surface area contributed by atoms with E-state index in [9.17, 15) is 0 Å². The van der Waals surface area contributed by atoms with E-state index in [1.807, 2.05) is 30.7 Å². The van der Waals surface area contributed by atoms with Gasteiger partial charge in [0.2, 0.25) is 0 Å². The zero-order chi connectivity index (χ0) is 7.68. The summed E-state index contributed by atoms with van der Waals surface area (Å²) in [6.45, 7) is 0.958. The van der Waals surface area contributed by atoms with Gasteiger partial charge in [-0.15, -0.1) is 0 Å². The molecule has 0 spiro atoms. The van der Waals surface area contributed by atoms with Crippen LogP contribution in [0.5, 0.6) is 0 Å². The molecule has 1 aromatic rings. The molecule has 2 heterocycles. The Labute approximate surface area is 64.9 Å². The second kappa shape index (κ2) is 2.38. The molecule has 4 heteroatoms. The minimum atomic E-state index is 0.416. The van der Waals surface area contributed by atoms with Gasteiger partial charge in [-0.25, -0.2) is 0 Å². The van der Waals surface area contributed by atoms with Crippen LogP contribution in [0.4, 0.5) is 0 Å². The molecule has 4 nitrogen and oxygen atoms in total. The highest BCUT2D eigenvalue weighted by molar-refractivity contribution is 5.69. The van der Waals surface area contributed by atoms with Gasteiger partial charge in [0.1, 0.15) is 0 Å². The Bertz CT molecular complexity index is 251. The first-order valence-corrected chi connectivity index (χ1v) is 3.60. The summed E-state index contributed by atoms with van der Waals surface area (Å²) in [4.78, 5) is 0. The van der Waals surface area contributed by atoms with Gasteiger partial charge in [-0.2, -0.15) is 10.2 Å². The van der Waals surface area contributed by atoms with Crippen molar-refractivity contribution >= 4 is 6.21 Å². The molecule has 0 radical (unpaired) electrons. The van der Waals surface area contributed by atoms with Crippen molar-refractivity contribution in [3.05, 3.63) is 18.0 Å². The van der Waals surface area contributed by atoms with Crippen LogP contribution in [0.15, 0.2) is 17.5 Å². The summed E-state index contributed by atoms with van der Waals surface area (Å²) in [5.74, 6) is 0.416. The molecule has 0 amide bonds. The summed E-state index contributed by atoms with van der Waals surface area (Å²) in [7, 11) is 1.97. The zero-order valence-corrected chi connectivity index (χ0v) is 6.36. The van der Waals surface area contributed by atoms with E-state index in [-0.39, 0.29) is 0 Å². The standard InChI is InChI=1S/C7H10N4/c1-11-5-7(4-10-11)6-2-8-9-3-6/h2-4,7H,5H2,1H3,(H,8,9). The van der Waals surface area contributed by atoms with E-state index in [0.717, 1.165) is 6.54 Å². The van der Waals surface area contributed by atoms with Gasteiger partial charge >= 0.3 is 0 Å².